The number of likely N-dealkylation sites (tertiary alicyclic amines) is 1. The molecule has 2 fully saturated rings. The van der Waals surface area contributed by atoms with E-state index in [4.69, 9.17) is 9.47 Å². The van der Waals surface area contributed by atoms with Gasteiger partial charge in [-0.1, -0.05) is 92.1 Å². The molecular formula is C46H69N5O9. The molecule has 0 bridgehead atoms. The molecule has 1 aliphatic heterocycles. The number of ketones is 1. The number of carbonyl (C=O) groups excluding carboxylic acids is 6. The lowest BCUT2D eigenvalue weighted by Crippen LogP contribution is -2.60. The number of Topliss-reactive ketones (excluding diaryl/α,β-unsaturated/α-hetero) is 1. The van der Waals surface area contributed by atoms with Gasteiger partial charge in [0.25, 0.3) is 5.91 Å². The fraction of sp³-hybridized carbons (Fsp3) is 0.652. The molecular weight excluding hydrogens is 767 g/mol. The molecule has 1 saturated heterocycles. The summed E-state index contributed by atoms with van der Waals surface area (Å²) in [6.45, 7) is 15.1. The molecule has 1 aromatic heterocycles. The molecule has 2 aliphatic rings. The van der Waals surface area contributed by atoms with Gasteiger partial charge < -0.3 is 29.7 Å². The van der Waals surface area contributed by atoms with Gasteiger partial charge in [-0.2, -0.15) is 0 Å². The van der Waals surface area contributed by atoms with Gasteiger partial charge in [0.15, 0.2) is 11.9 Å². The van der Waals surface area contributed by atoms with Gasteiger partial charge in [0.1, 0.15) is 17.8 Å². The van der Waals surface area contributed by atoms with E-state index < -0.39 is 59.9 Å². The van der Waals surface area contributed by atoms with Crippen molar-refractivity contribution in [3.8, 4) is 11.6 Å². The zero-order chi connectivity index (χ0) is 44.7. The minimum atomic E-state index is -1.27. The van der Waals surface area contributed by atoms with Gasteiger partial charge in [-0.15, -0.1) is 0 Å². The third-order valence-electron chi connectivity index (χ3n) is 12.2. The van der Waals surface area contributed by atoms with Crippen LogP contribution < -0.4 is 10.1 Å². The highest BCUT2D eigenvalue weighted by Crippen LogP contribution is 2.38. The molecule has 14 heteroatoms. The van der Waals surface area contributed by atoms with Crippen LogP contribution in [0.5, 0.6) is 11.6 Å². The summed E-state index contributed by atoms with van der Waals surface area (Å²) in [5.41, 5.74) is 1.29. The largest absolute Gasteiger partial charge is 0.495 e. The fourth-order valence-electron chi connectivity index (χ4n) is 9.17. The number of aromatic hydroxyl groups is 1. The Morgan fingerprint density at radius 3 is 1.97 bits per heavy atom. The number of nitrogens with zero attached hydrogens (tertiary/aromatic N) is 4. The van der Waals surface area contributed by atoms with Crippen molar-refractivity contribution in [1.29, 1.82) is 0 Å². The Morgan fingerprint density at radius 1 is 0.800 bits per heavy atom. The molecule has 0 spiro atoms. The number of benzene rings is 1. The molecule has 332 valence electrons. The van der Waals surface area contributed by atoms with Crippen LogP contribution in [0.4, 0.5) is 0 Å². The highest BCUT2D eigenvalue weighted by Gasteiger charge is 2.48. The summed E-state index contributed by atoms with van der Waals surface area (Å²) in [7, 11) is 6.67. The van der Waals surface area contributed by atoms with Gasteiger partial charge in [-0.05, 0) is 69.0 Å². The lowest BCUT2D eigenvalue weighted by Gasteiger charge is -2.38. The van der Waals surface area contributed by atoms with Crippen molar-refractivity contribution in [2.24, 2.45) is 35.5 Å². The number of ether oxygens (including phenoxy) is 2. The van der Waals surface area contributed by atoms with E-state index in [0.29, 0.717) is 50.1 Å². The first-order valence-electron chi connectivity index (χ1n) is 21.6. The number of aromatic nitrogens is 1. The van der Waals surface area contributed by atoms with Crippen LogP contribution in [0.25, 0.3) is 0 Å². The molecule has 1 aliphatic carbocycles. The normalized spacial score (nSPS) is 20.1. The number of carbonyl (C=O) groups is 6. The summed E-state index contributed by atoms with van der Waals surface area (Å²) >= 11 is 0. The lowest BCUT2D eigenvalue weighted by molar-refractivity contribution is -0.158. The molecule has 3 amide bonds. The van der Waals surface area contributed by atoms with Gasteiger partial charge in [-0.25, -0.2) is 4.57 Å². The maximum absolute atomic E-state index is 14.5. The Bertz CT molecular complexity index is 1830. The predicted octanol–water partition coefficient (Wildman–Crippen LogP) is 5.19. The van der Waals surface area contributed by atoms with Crippen LogP contribution in [0.15, 0.2) is 36.4 Å². The highest BCUT2D eigenvalue weighted by atomic mass is 16.5. The molecule has 1 aromatic carbocycles. The Labute approximate surface area is 356 Å². The Hall–Kier alpha value is -4.72. The molecule has 2 heterocycles. The number of esters is 1. The van der Waals surface area contributed by atoms with E-state index in [1.54, 1.807) is 25.8 Å². The van der Waals surface area contributed by atoms with Crippen LogP contribution >= 0.6 is 0 Å². The first kappa shape index (κ1) is 48.0. The molecule has 7 atom stereocenters. The van der Waals surface area contributed by atoms with E-state index in [1.807, 2.05) is 90.9 Å². The molecule has 1 unspecified atom stereocenters. The van der Waals surface area contributed by atoms with E-state index in [1.165, 1.54) is 18.1 Å². The second kappa shape index (κ2) is 20.7. The molecule has 1 saturated carbocycles. The van der Waals surface area contributed by atoms with Crippen LogP contribution in [-0.4, -0.2) is 125 Å². The summed E-state index contributed by atoms with van der Waals surface area (Å²) in [5.74, 6) is -5.16. The number of methoxy groups -OCH3 is 1. The zero-order valence-electron chi connectivity index (χ0n) is 37.8. The summed E-state index contributed by atoms with van der Waals surface area (Å²) in [5, 5.41) is 13.9. The van der Waals surface area contributed by atoms with Crippen LogP contribution in [0.1, 0.15) is 104 Å². The van der Waals surface area contributed by atoms with Gasteiger partial charge in [0.05, 0.1) is 30.8 Å². The van der Waals surface area contributed by atoms with Crippen LogP contribution in [0.3, 0.4) is 0 Å². The van der Waals surface area contributed by atoms with Crippen molar-refractivity contribution >= 4 is 35.4 Å². The monoisotopic (exact) mass is 836 g/mol. The molecule has 2 N–H and O–H groups in total. The van der Waals surface area contributed by atoms with Crippen molar-refractivity contribution in [3.05, 3.63) is 47.7 Å². The van der Waals surface area contributed by atoms with Crippen molar-refractivity contribution in [2.75, 3.05) is 34.8 Å². The molecule has 14 nitrogen and oxygen atoms in total. The second-order valence-electron chi connectivity index (χ2n) is 18.2. The maximum Gasteiger partial charge on any atom is 0.310 e. The van der Waals surface area contributed by atoms with Crippen molar-refractivity contribution in [2.45, 2.75) is 124 Å². The van der Waals surface area contributed by atoms with Gasteiger partial charge in [0.2, 0.25) is 23.6 Å². The van der Waals surface area contributed by atoms with E-state index in [9.17, 15) is 33.9 Å². The summed E-state index contributed by atoms with van der Waals surface area (Å²) in [4.78, 5) is 89.7. The molecule has 60 heavy (non-hydrogen) atoms. The maximum atomic E-state index is 14.5. The first-order chi connectivity index (χ1) is 28.2. The number of hydrogen-bond acceptors (Lipinski definition) is 10. The Morgan fingerprint density at radius 2 is 1.42 bits per heavy atom. The molecule has 4 rings (SSSR count). The van der Waals surface area contributed by atoms with Crippen LogP contribution in [-0.2, 0) is 35.1 Å². The lowest BCUT2D eigenvalue weighted by atomic mass is 9.87. The van der Waals surface area contributed by atoms with E-state index in [-0.39, 0.29) is 53.6 Å². The smallest absolute Gasteiger partial charge is 0.310 e. The van der Waals surface area contributed by atoms with Crippen LogP contribution in [0, 0.1) is 35.5 Å². The number of likely N-dealkylation sites (N-methyl/N-ethyl adjacent to an activating group) is 2. The average molecular weight is 836 g/mol. The fourth-order valence-corrected chi connectivity index (χ4v) is 9.17. The van der Waals surface area contributed by atoms with E-state index >= 15 is 0 Å². The third kappa shape index (κ3) is 10.6. The SMILES string of the molecule is COc1cc(O)n(C(=O)[C@@H](OC(=O)[C@@H]2CCCC2C(=O)[C@@H]2CCCN2C(=O)[C@H](C(C)C)N(C)C(=O)[C@@H](NC(=O)[C@H](C(C)C)N(C)C)C(C)C)C(C)C)c1Cc1ccccc1. The predicted molar refractivity (Wildman–Crippen MR) is 228 cm³/mol. The summed E-state index contributed by atoms with van der Waals surface area (Å²) in [6, 6.07) is 7.76. The van der Waals surface area contributed by atoms with Crippen molar-refractivity contribution in [1.82, 2.24) is 24.6 Å². The van der Waals surface area contributed by atoms with Gasteiger partial charge >= 0.3 is 5.97 Å². The number of nitrogens with one attached hydrogen (secondary N) is 1. The second-order valence-corrected chi connectivity index (χ2v) is 18.2. The Kier molecular flexibility index (Phi) is 16.5. The summed E-state index contributed by atoms with van der Waals surface area (Å²) < 4.78 is 12.6. The van der Waals surface area contributed by atoms with Crippen molar-refractivity contribution in [3.63, 3.8) is 0 Å². The number of amides is 3. The number of hydrogen-bond donors (Lipinski definition) is 2. The summed E-state index contributed by atoms with van der Waals surface area (Å²) in [6.07, 6.45) is 1.41. The minimum absolute atomic E-state index is 0.00189. The highest BCUT2D eigenvalue weighted by molar-refractivity contribution is 5.98. The van der Waals surface area contributed by atoms with E-state index in [2.05, 4.69) is 5.32 Å². The third-order valence-corrected chi connectivity index (χ3v) is 12.2. The van der Waals surface area contributed by atoms with Crippen LogP contribution in [0.2, 0.25) is 0 Å². The van der Waals surface area contributed by atoms with E-state index in [0.717, 1.165) is 10.1 Å². The topological polar surface area (TPSA) is 168 Å². The first-order valence-corrected chi connectivity index (χ1v) is 21.6. The average Bonchev–Trinajstić information content (AvgIpc) is 3.94. The molecule has 2 aromatic rings. The molecule has 0 radical (unpaired) electrons. The van der Waals surface area contributed by atoms with Gasteiger partial charge in [-0.3, -0.25) is 33.7 Å². The minimum Gasteiger partial charge on any atom is -0.495 e. The Balaban J connectivity index is 1.53. The standard InChI is InChI=1S/C46H69N5O9/c1-26(2)37(47-42(54)38(27(3)4)48(9)10)43(55)49(11)39(28(5)6)44(56)50-23-17-22-33(50)40(53)31-20-16-21-32(31)46(58)60-41(29(7)8)45(57)51-34(35(59-12)25-36(51)52)24-30-18-14-13-15-19-30/h13-15,18-19,25-29,31-33,37-39,41,52H,16-17,20-24H2,1-12H3,(H,47,54)/t31?,32-,33+,37+,38+,39+,41+/m1/s1. The van der Waals surface area contributed by atoms with Crippen molar-refractivity contribution < 1.29 is 43.3 Å². The van der Waals surface area contributed by atoms with Gasteiger partial charge in [0, 0.05) is 32.0 Å². The quantitative estimate of drug-likeness (QED) is 0.191. The zero-order valence-corrected chi connectivity index (χ0v) is 37.8. The number of rotatable bonds is 18.